The standard InChI is InChI=1S/C13H16Br2N2/c14-11-2-1-3-12(15)13(11)16-9-6-7-17(8-9)10-4-5-10/h1-3,9-10,16H,4-8H2. The molecule has 0 spiro atoms. The second kappa shape index (κ2) is 4.90. The number of benzene rings is 1. The van der Waals surface area contributed by atoms with Crippen LogP contribution in [0.3, 0.4) is 0 Å². The van der Waals surface area contributed by atoms with Crippen LogP contribution in [0.4, 0.5) is 5.69 Å². The van der Waals surface area contributed by atoms with Gasteiger partial charge in [-0.15, -0.1) is 0 Å². The van der Waals surface area contributed by atoms with Gasteiger partial charge < -0.3 is 5.32 Å². The minimum absolute atomic E-state index is 0.589. The van der Waals surface area contributed by atoms with Crippen LogP contribution in [-0.2, 0) is 0 Å². The molecule has 0 aromatic heterocycles. The first-order chi connectivity index (χ1) is 8.24. The SMILES string of the molecule is Brc1cccc(Br)c1NC1CCN(C2CC2)C1. The highest BCUT2D eigenvalue weighted by Gasteiger charge is 2.34. The lowest BCUT2D eigenvalue weighted by atomic mass is 10.2. The number of halogens is 2. The molecule has 17 heavy (non-hydrogen) atoms. The Labute approximate surface area is 119 Å². The number of nitrogens with zero attached hydrogens (tertiary/aromatic N) is 1. The van der Waals surface area contributed by atoms with E-state index in [1.165, 1.54) is 38.0 Å². The van der Waals surface area contributed by atoms with E-state index in [4.69, 9.17) is 0 Å². The summed E-state index contributed by atoms with van der Waals surface area (Å²) in [4.78, 5) is 2.63. The zero-order valence-corrected chi connectivity index (χ0v) is 12.8. The van der Waals surface area contributed by atoms with Crippen LogP contribution < -0.4 is 5.32 Å². The summed E-state index contributed by atoms with van der Waals surface area (Å²) in [5.74, 6) is 0. The van der Waals surface area contributed by atoms with E-state index < -0.39 is 0 Å². The third-order valence-corrected chi connectivity index (χ3v) is 4.92. The van der Waals surface area contributed by atoms with Gasteiger partial charge in [-0.25, -0.2) is 0 Å². The van der Waals surface area contributed by atoms with Crippen molar-refractivity contribution in [3.63, 3.8) is 0 Å². The van der Waals surface area contributed by atoms with Gasteiger partial charge in [0, 0.05) is 34.1 Å². The molecule has 1 aromatic carbocycles. The van der Waals surface area contributed by atoms with Crippen molar-refractivity contribution in [3.05, 3.63) is 27.1 Å². The Bertz CT molecular complexity index is 398. The normalized spacial score (nSPS) is 25.2. The summed E-state index contributed by atoms with van der Waals surface area (Å²) in [7, 11) is 0. The molecule has 0 bridgehead atoms. The van der Waals surface area contributed by atoms with E-state index >= 15 is 0 Å². The van der Waals surface area contributed by atoms with Crippen molar-refractivity contribution in [1.29, 1.82) is 0 Å². The summed E-state index contributed by atoms with van der Waals surface area (Å²) in [6, 6.07) is 7.70. The van der Waals surface area contributed by atoms with Crippen molar-refractivity contribution in [2.45, 2.75) is 31.3 Å². The van der Waals surface area contributed by atoms with Gasteiger partial charge in [0.05, 0.1) is 5.69 Å². The minimum atomic E-state index is 0.589. The fraction of sp³-hybridized carbons (Fsp3) is 0.538. The van der Waals surface area contributed by atoms with Gasteiger partial charge in [-0.2, -0.15) is 0 Å². The lowest BCUT2D eigenvalue weighted by Crippen LogP contribution is -2.27. The monoisotopic (exact) mass is 358 g/mol. The van der Waals surface area contributed by atoms with Crippen LogP contribution in [-0.4, -0.2) is 30.1 Å². The fourth-order valence-corrected chi connectivity index (χ4v) is 3.74. The van der Waals surface area contributed by atoms with Crippen molar-refractivity contribution in [2.24, 2.45) is 0 Å². The van der Waals surface area contributed by atoms with Crippen LogP contribution >= 0.6 is 31.9 Å². The third kappa shape index (κ3) is 2.69. The second-order valence-electron chi connectivity index (χ2n) is 4.95. The number of para-hydroxylation sites is 1. The van der Waals surface area contributed by atoms with Crippen molar-refractivity contribution < 1.29 is 0 Å². The number of anilines is 1. The highest BCUT2D eigenvalue weighted by atomic mass is 79.9. The van der Waals surface area contributed by atoms with Gasteiger partial charge >= 0.3 is 0 Å². The van der Waals surface area contributed by atoms with E-state index in [9.17, 15) is 0 Å². The number of likely N-dealkylation sites (tertiary alicyclic amines) is 1. The molecule has 0 amide bonds. The molecular formula is C13H16Br2N2. The Morgan fingerprint density at radius 3 is 2.47 bits per heavy atom. The highest BCUT2D eigenvalue weighted by molar-refractivity contribution is 9.11. The molecule has 2 fully saturated rings. The third-order valence-electron chi connectivity index (χ3n) is 3.59. The zero-order valence-electron chi connectivity index (χ0n) is 9.63. The van der Waals surface area contributed by atoms with Crippen LogP contribution in [0.15, 0.2) is 27.1 Å². The number of hydrogen-bond donors (Lipinski definition) is 1. The van der Waals surface area contributed by atoms with Gasteiger partial charge in [0.2, 0.25) is 0 Å². The molecule has 1 heterocycles. The van der Waals surface area contributed by atoms with Crippen molar-refractivity contribution in [3.8, 4) is 0 Å². The fourth-order valence-electron chi connectivity index (χ4n) is 2.52. The Kier molecular flexibility index (Phi) is 3.46. The summed E-state index contributed by atoms with van der Waals surface area (Å²) in [5.41, 5.74) is 1.19. The lowest BCUT2D eigenvalue weighted by molar-refractivity contribution is 0.326. The molecule has 1 saturated heterocycles. The predicted octanol–water partition coefficient (Wildman–Crippen LogP) is 3.86. The van der Waals surface area contributed by atoms with Gasteiger partial charge in [0.15, 0.2) is 0 Å². The molecule has 92 valence electrons. The summed E-state index contributed by atoms with van der Waals surface area (Å²) in [6.07, 6.45) is 4.07. The van der Waals surface area contributed by atoms with E-state index in [0.29, 0.717) is 6.04 Å². The first-order valence-electron chi connectivity index (χ1n) is 6.18. The van der Waals surface area contributed by atoms with E-state index in [1.807, 2.05) is 6.07 Å². The number of rotatable bonds is 3. The maximum atomic E-state index is 3.65. The Morgan fingerprint density at radius 2 is 1.82 bits per heavy atom. The van der Waals surface area contributed by atoms with Crippen LogP contribution in [0.25, 0.3) is 0 Å². The molecule has 0 radical (unpaired) electrons. The lowest BCUT2D eigenvalue weighted by Gasteiger charge is -2.18. The molecule has 1 aliphatic carbocycles. The predicted molar refractivity (Wildman–Crippen MR) is 78.5 cm³/mol. The van der Waals surface area contributed by atoms with Crippen LogP contribution in [0.5, 0.6) is 0 Å². The average Bonchev–Trinajstić information content (AvgIpc) is 3.05. The minimum Gasteiger partial charge on any atom is -0.379 e. The molecule has 1 aliphatic heterocycles. The zero-order chi connectivity index (χ0) is 11.8. The molecule has 1 unspecified atom stereocenters. The molecule has 1 aromatic rings. The summed E-state index contributed by atoms with van der Waals surface area (Å²) >= 11 is 7.21. The Morgan fingerprint density at radius 1 is 1.12 bits per heavy atom. The van der Waals surface area contributed by atoms with Gasteiger partial charge in [0.25, 0.3) is 0 Å². The van der Waals surface area contributed by atoms with Crippen molar-refractivity contribution >= 4 is 37.5 Å². The van der Waals surface area contributed by atoms with E-state index in [0.717, 1.165) is 15.0 Å². The first-order valence-corrected chi connectivity index (χ1v) is 7.77. The van der Waals surface area contributed by atoms with Crippen LogP contribution in [0.1, 0.15) is 19.3 Å². The molecular weight excluding hydrogens is 344 g/mol. The van der Waals surface area contributed by atoms with Gasteiger partial charge in [-0.3, -0.25) is 4.90 Å². The largest absolute Gasteiger partial charge is 0.379 e. The number of nitrogens with one attached hydrogen (secondary N) is 1. The van der Waals surface area contributed by atoms with Gasteiger partial charge in [-0.1, -0.05) is 6.07 Å². The topological polar surface area (TPSA) is 15.3 Å². The summed E-state index contributed by atoms with van der Waals surface area (Å²) < 4.78 is 2.27. The Balaban J connectivity index is 1.67. The summed E-state index contributed by atoms with van der Waals surface area (Å²) in [5, 5.41) is 3.65. The van der Waals surface area contributed by atoms with Crippen molar-refractivity contribution in [1.82, 2.24) is 4.90 Å². The van der Waals surface area contributed by atoms with E-state index in [1.54, 1.807) is 0 Å². The Hall–Kier alpha value is -0.0600. The van der Waals surface area contributed by atoms with Crippen molar-refractivity contribution in [2.75, 3.05) is 18.4 Å². The number of hydrogen-bond acceptors (Lipinski definition) is 2. The first kappa shape index (κ1) is 12.0. The molecule has 3 rings (SSSR count). The maximum Gasteiger partial charge on any atom is 0.0631 e. The van der Waals surface area contributed by atoms with Crippen LogP contribution in [0, 0.1) is 0 Å². The van der Waals surface area contributed by atoms with Gasteiger partial charge in [0.1, 0.15) is 0 Å². The van der Waals surface area contributed by atoms with Gasteiger partial charge in [-0.05, 0) is 63.3 Å². The molecule has 1 atom stereocenters. The summed E-state index contributed by atoms with van der Waals surface area (Å²) in [6.45, 7) is 2.45. The average molecular weight is 360 g/mol. The molecule has 1 saturated carbocycles. The second-order valence-corrected chi connectivity index (χ2v) is 6.66. The smallest absolute Gasteiger partial charge is 0.0631 e. The quantitative estimate of drug-likeness (QED) is 0.881. The van der Waals surface area contributed by atoms with Crippen LogP contribution in [0.2, 0.25) is 0 Å². The van der Waals surface area contributed by atoms with E-state index in [-0.39, 0.29) is 0 Å². The van der Waals surface area contributed by atoms with E-state index in [2.05, 4.69) is 54.2 Å². The maximum absolute atomic E-state index is 3.65. The molecule has 1 N–H and O–H groups in total. The highest BCUT2D eigenvalue weighted by Crippen LogP contribution is 2.34. The molecule has 2 nitrogen and oxygen atoms in total. The molecule has 4 heteroatoms. The molecule has 2 aliphatic rings.